The number of rotatable bonds is 10. The first-order chi connectivity index (χ1) is 18.1. The Morgan fingerprint density at radius 1 is 1.05 bits per heavy atom. The van der Waals surface area contributed by atoms with Gasteiger partial charge in [-0.05, 0) is 81.7 Å². The zero-order valence-electron chi connectivity index (χ0n) is 22.1. The quantitative estimate of drug-likeness (QED) is 0.216. The molecule has 3 aromatic rings. The number of ether oxygens (including phenoxy) is 2. The summed E-state index contributed by atoms with van der Waals surface area (Å²) in [5.74, 6) is -1.19. The number of benzene rings is 2. The Balaban J connectivity index is 1.50. The minimum Gasteiger partial charge on any atom is -0.497 e. The summed E-state index contributed by atoms with van der Waals surface area (Å²) in [6.45, 7) is 5.38. The summed E-state index contributed by atoms with van der Waals surface area (Å²) in [4.78, 5) is 34.4. The molecule has 1 aliphatic carbocycles. The van der Waals surface area contributed by atoms with Gasteiger partial charge in [-0.1, -0.05) is 29.8 Å². The molecule has 2 aromatic carbocycles. The number of halogens is 2. The summed E-state index contributed by atoms with van der Waals surface area (Å²) in [6.07, 6.45) is 6.08. The number of ketones is 1. The molecular formula is C30H32ClFN2O4. The molecule has 0 aliphatic heterocycles. The minimum absolute atomic E-state index is 0.00580. The van der Waals surface area contributed by atoms with Crippen LogP contribution in [0.3, 0.4) is 0 Å². The molecule has 200 valence electrons. The zero-order chi connectivity index (χ0) is 27.4. The molecule has 0 unspecified atom stereocenters. The second-order valence-corrected chi connectivity index (χ2v) is 11.0. The maximum absolute atomic E-state index is 15.8. The van der Waals surface area contributed by atoms with E-state index in [-0.39, 0.29) is 34.5 Å². The molecule has 1 aromatic heterocycles. The van der Waals surface area contributed by atoms with Crippen LogP contribution in [0.15, 0.2) is 48.8 Å². The first kappa shape index (κ1) is 27.7. The maximum atomic E-state index is 15.8. The Labute approximate surface area is 227 Å². The van der Waals surface area contributed by atoms with Crippen molar-refractivity contribution in [3.05, 3.63) is 87.7 Å². The molecule has 0 spiro atoms. The van der Waals surface area contributed by atoms with Crippen LogP contribution >= 0.6 is 11.6 Å². The molecule has 1 aliphatic rings. The van der Waals surface area contributed by atoms with Gasteiger partial charge in [-0.25, -0.2) is 9.37 Å². The molecule has 38 heavy (non-hydrogen) atoms. The molecule has 0 radical (unpaired) electrons. The highest BCUT2D eigenvalue weighted by molar-refractivity contribution is 6.35. The first-order valence-corrected chi connectivity index (χ1v) is 13.1. The summed E-state index contributed by atoms with van der Waals surface area (Å²) in [6, 6.07) is 10.8. The SMILES string of the molecule is COc1ccc(CCc2cnc(C(=O)c3c(Cl)ccc([C@H](CC(=O)OC(C)(C)C)C4CC4)c3F)cn2)cc1. The van der Waals surface area contributed by atoms with Crippen LogP contribution < -0.4 is 4.74 Å². The third-order valence-corrected chi connectivity index (χ3v) is 6.83. The van der Waals surface area contributed by atoms with Crippen molar-refractivity contribution in [3.63, 3.8) is 0 Å². The Bertz CT molecular complexity index is 1300. The Kier molecular flexibility index (Phi) is 8.46. The van der Waals surface area contributed by atoms with Gasteiger partial charge in [0.1, 0.15) is 22.9 Å². The largest absolute Gasteiger partial charge is 0.497 e. The van der Waals surface area contributed by atoms with Gasteiger partial charge in [-0.2, -0.15) is 0 Å². The van der Waals surface area contributed by atoms with Gasteiger partial charge in [-0.3, -0.25) is 14.6 Å². The van der Waals surface area contributed by atoms with Crippen molar-refractivity contribution in [1.82, 2.24) is 9.97 Å². The molecule has 1 atom stereocenters. The van der Waals surface area contributed by atoms with Crippen LogP contribution in [0.1, 0.15) is 78.8 Å². The van der Waals surface area contributed by atoms with Gasteiger partial charge in [0, 0.05) is 12.1 Å². The third-order valence-electron chi connectivity index (χ3n) is 6.51. The van der Waals surface area contributed by atoms with Gasteiger partial charge in [0.05, 0.1) is 36.0 Å². The van der Waals surface area contributed by atoms with Crippen LogP contribution in [-0.2, 0) is 22.4 Å². The number of aryl methyl sites for hydroxylation is 2. The van der Waals surface area contributed by atoms with Crippen LogP contribution in [0.4, 0.5) is 4.39 Å². The van der Waals surface area contributed by atoms with Gasteiger partial charge in [-0.15, -0.1) is 0 Å². The van der Waals surface area contributed by atoms with E-state index in [1.807, 2.05) is 24.3 Å². The summed E-state index contributed by atoms with van der Waals surface area (Å²) in [5, 5.41) is -0.00607. The monoisotopic (exact) mass is 538 g/mol. The normalized spacial score (nSPS) is 14.2. The van der Waals surface area contributed by atoms with Crippen molar-refractivity contribution in [2.24, 2.45) is 5.92 Å². The third kappa shape index (κ3) is 6.95. The highest BCUT2D eigenvalue weighted by Crippen LogP contribution is 2.46. The number of hydrogen-bond donors (Lipinski definition) is 0. The Morgan fingerprint density at radius 2 is 1.76 bits per heavy atom. The average Bonchev–Trinajstić information content (AvgIpc) is 3.71. The topological polar surface area (TPSA) is 78.4 Å². The number of esters is 1. The predicted octanol–water partition coefficient (Wildman–Crippen LogP) is 6.52. The average molecular weight is 539 g/mol. The van der Waals surface area contributed by atoms with Crippen molar-refractivity contribution in [2.75, 3.05) is 7.11 Å². The number of carbonyl (C=O) groups excluding carboxylic acids is 2. The lowest BCUT2D eigenvalue weighted by atomic mass is 9.88. The van der Waals surface area contributed by atoms with Crippen LogP contribution in [0.5, 0.6) is 5.75 Å². The smallest absolute Gasteiger partial charge is 0.306 e. The molecule has 4 rings (SSSR count). The second kappa shape index (κ2) is 11.6. The highest BCUT2D eigenvalue weighted by Gasteiger charge is 2.37. The van der Waals surface area contributed by atoms with Crippen molar-refractivity contribution >= 4 is 23.4 Å². The molecule has 0 amide bonds. The number of carbonyl (C=O) groups is 2. The van der Waals surface area contributed by atoms with E-state index >= 15 is 4.39 Å². The molecular weight excluding hydrogens is 507 g/mol. The zero-order valence-corrected chi connectivity index (χ0v) is 22.8. The summed E-state index contributed by atoms with van der Waals surface area (Å²) in [7, 11) is 1.62. The van der Waals surface area contributed by atoms with Crippen LogP contribution in [0.25, 0.3) is 0 Å². The van der Waals surface area contributed by atoms with E-state index in [9.17, 15) is 9.59 Å². The van der Waals surface area contributed by atoms with Gasteiger partial charge >= 0.3 is 5.97 Å². The predicted molar refractivity (Wildman–Crippen MR) is 143 cm³/mol. The van der Waals surface area contributed by atoms with Gasteiger partial charge in [0.25, 0.3) is 0 Å². The molecule has 0 N–H and O–H groups in total. The van der Waals surface area contributed by atoms with E-state index in [0.29, 0.717) is 17.7 Å². The lowest BCUT2D eigenvalue weighted by molar-refractivity contribution is -0.155. The van der Waals surface area contributed by atoms with Gasteiger partial charge < -0.3 is 9.47 Å². The lowest BCUT2D eigenvalue weighted by Gasteiger charge is -2.23. The molecule has 1 saturated carbocycles. The molecule has 6 nitrogen and oxygen atoms in total. The van der Waals surface area contributed by atoms with Crippen molar-refractivity contribution in [2.45, 2.75) is 64.4 Å². The number of aromatic nitrogens is 2. The standard InChI is InChI=1S/C30H32ClFN2O4/c1-30(2,3)38-26(35)15-23(19-8-9-19)22-13-14-24(31)27(28(22)32)29(36)25-17-33-20(16-34-25)10-5-18-6-11-21(37-4)12-7-18/h6-7,11-14,16-17,19,23H,5,8-10,15H2,1-4H3/t23-/m1/s1. The maximum Gasteiger partial charge on any atom is 0.306 e. The second-order valence-electron chi connectivity index (χ2n) is 10.6. The Morgan fingerprint density at radius 3 is 2.34 bits per heavy atom. The number of hydrogen-bond acceptors (Lipinski definition) is 6. The molecule has 0 bridgehead atoms. The molecule has 1 heterocycles. The molecule has 0 saturated heterocycles. The summed E-state index contributed by atoms with van der Waals surface area (Å²) in [5.41, 5.74) is 1.25. The summed E-state index contributed by atoms with van der Waals surface area (Å²) < 4.78 is 26.5. The van der Waals surface area contributed by atoms with Crippen LogP contribution in [0.2, 0.25) is 5.02 Å². The molecule has 1 fully saturated rings. The number of nitrogens with zero attached hydrogens (tertiary/aromatic N) is 2. The van der Waals surface area contributed by atoms with Crippen LogP contribution in [-0.4, -0.2) is 34.4 Å². The van der Waals surface area contributed by atoms with E-state index in [1.165, 1.54) is 18.5 Å². The van der Waals surface area contributed by atoms with Gasteiger partial charge in [0.2, 0.25) is 5.78 Å². The fourth-order valence-corrected chi connectivity index (χ4v) is 4.68. The van der Waals surface area contributed by atoms with Gasteiger partial charge in [0.15, 0.2) is 0 Å². The highest BCUT2D eigenvalue weighted by atomic mass is 35.5. The van der Waals surface area contributed by atoms with E-state index in [1.54, 1.807) is 33.9 Å². The molecule has 8 heteroatoms. The first-order valence-electron chi connectivity index (χ1n) is 12.7. The van der Waals surface area contributed by atoms with E-state index in [4.69, 9.17) is 21.1 Å². The van der Waals surface area contributed by atoms with Crippen molar-refractivity contribution in [1.29, 1.82) is 0 Å². The number of methoxy groups -OCH3 is 1. The van der Waals surface area contributed by atoms with Crippen LogP contribution in [0, 0.1) is 11.7 Å². The minimum atomic E-state index is -0.714. The van der Waals surface area contributed by atoms with Crippen molar-refractivity contribution in [3.8, 4) is 5.75 Å². The Hall–Kier alpha value is -3.32. The van der Waals surface area contributed by atoms with E-state index in [0.717, 1.165) is 30.6 Å². The fourth-order valence-electron chi connectivity index (χ4n) is 4.45. The summed E-state index contributed by atoms with van der Waals surface area (Å²) >= 11 is 6.30. The lowest BCUT2D eigenvalue weighted by Crippen LogP contribution is -2.25. The van der Waals surface area contributed by atoms with Crippen molar-refractivity contribution < 1.29 is 23.5 Å². The van der Waals surface area contributed by atoms with E-state index in [2.05, 4.69) is 9.97 Å². The fraction of sp³-hybridized carbons (Fsp3) is 0.400. The van der Waals surface area contributed by atoms with E-state index < -0.39 is 23.2 Å².